The van der Waals surface area contributed by atoms with Crippen molar-refractivity contribution in [3.8, 4) is 0 Å². The molecule has 0 unspecified atom stereocenters. The van der Waals surface area contributed by atoms with Crippen molar-refractivity contribution in [2.75, 3.05) is 6.54 Å². The zero-order chi connectivity index (χ0) is 12.2. The van der Waals surface area contributed by atoms with Crippen LogP contribution in [0.3, 0.4) is 0 Å². The van der Waals surface area contributed by atoms with Crippen LogP contribution in [-0.4, -0.2) is 6.54 Å². The average Bonchev–Trinajstić information content (AvgIpc) is 2.17. The molecule has 0 saturated heterocycles. The molecule has 0 bridgehead atoms. The molecule has 0 amide bonds. The Kier molecular flexibility index (Phi) is 5.29. The van der Waals surface area contributed by atoms with Gasteiger partial charge in [0.05, 0.1) is 5.02 Å². The van der Waals surface area contributed by atoms with Gasteiger partial charge in [0.2, 0.25) is 0 Å². The summed E-state index contributed by atoms with van der Waals surface area (Å²) in [6.07, 6.45) is 1.18. The summed E-state index contributed by atoms with van der Waals surface area (Å²) in [5, 5.41) is 4.20. The summed E-state index contributed by atoms with van der Waals surface area (Å²) in [5.41, 5.74) is 1.65. The van der Waals surface area contributed by atoms with Crippen LogP contribution < -0.4 is 5.32 Å². The van der Waals surface area contributed by atoms with Crippen molar-refractivity contribution in [2.24, 2.45) is 5.41 Å². The Labute approximate surface area is 112 Å². The lowest BCUT2D eigenvalue weighted by Crippen LogP contribution is -2.20. The van der Waals surface area contributed by atoms with Gasteiger partial charge in [-0.25, -0.2) is 0 Å². The van der Waals surface area contributed by atoms with Gasteiger partial charge in [0.15, 0.2) is 0 Å². The zero-order valence-corrected chi connectivity index (χ0v) is 12.5. The Balaban J connectivity index is 2.35. The lowest BCUT2D eigenvalue weighted by Gasteiger charge is -2.18. The van der Waals surface area contributed by atoms with E-state index in [0.29, 0.717) is 5.41 Å². The van der Waals surface area contributed by atoms with E-state index in [1.54, 1.807) is 0 Å². The van der Waals surface area contributed by atoms with Crippen LogP contribution in [0.15, 0.2) is 22.7 Å². The molecule has 1 aromatic carbocycles. The molecule has 0 aromatic heterocycles. The van der Waals surface area contributed by atoms with E-state index in [-0.39, 0.29) is 0 Å². The predicted octanol–water partition coefficient (Wildman–Crippen LogP) is 4.63. The second-order valence-corrected chi connectivity index (χ2v) is 6.50. The largest absolute Gasteiger partial charge is 0.313 e. The number of benzene rings is 1. The van der Waals surface area contributed by atoms with Crippen LogP contribution in [0.4, 0.5) is 0 Å². The van der Waals surface area contributed by atoms with Gasteiger partial charge < -0.3 is 5.32 Å². The van der Waals surface area contributed by atoms with Gasteiger partial charge >= 0.3 is 0 Å². The Morgan fingerprint density at radius 1 is 1.31 bits per heavy atom. The van der Waals surface area contributed by atoms with Crippen molar-refractivity contribution in [3.05, 3.63) is 33.3 Å². The first-order valence-electron chi connectivity index (χ1n) is 5.53. The Bertz CT molecular complexity index is 344. The molecule has 0 fully saturated rings. The number of halogens is 2. The molecule has 0 aliphatic rings. The van der Waals surface area contributed by atoms with Crippen molar-refractivity contribution in [1.82, 2.24) is 5.32 Å². The minimum Gasteiger partial charge on any atom is -0.313 e. The molecule has 0 heterocycles. The normalized spacial score (nSPS) is 11.8. The summed E-state index contributed by atoms with van der Waals surface area (Å²) in [6, 6.07) is 6.04. The number of hydrogen-bond donors (Lipinski definition) is 1. The van der Waals surface area contributed by atoms with E-state index in [0.717, 1.165) is 22.6 Å². The summed E-state index contributed by atoms with van der Waals surface area (Å²) >= 11 is 9.36. The maximum atomic E-state index is 5.93. The fraction of sp³-hybridized carbons (Fsp3) is 0.538. The first-order chi connectivity index (χ1) is 7.38. The fourth-order valence-electron chi connectivity index (χ4n) is 1.35. The van der Waals surface area contributed by atoms with Gasteiger partial charge in [-0.1, -0.05) is 38.4 Å². The maximum Gasteiger partial charge on any atom is 0.0548 e. The van der Waals surface area contributed by atoms with E-state index in [4.69, 9.17) is 11.6 Å². The number of nitrogens with one attached hydrogen (secondary N) is 1. The van der Waals surface area contributed by atoms with Crippen LogP contribution in [0.25, 0.3) is 0 Å². The quantitative estimate of drug-likeness (QED) is 0.800. The molecule has 1 rings (SSSR count). The van der Waals surface area contributed by atoms with Crippen LogP contribution in [-0.2, 0) is 6.54 Å². The first-order valence-corrected chi connectivity index (χ1v) is 6.70. The van der Waals surface area contributed by atoms with E-state index in [2.05, 4.69) is 54.2 Å². The molecule has 0 atom stereocenters. The van der Waals surface area contributed by atoms with E-state index in [1.165, 1.54) is 12.0 Å². The highest BCUT2D eigenvalue weighted by molar-refractivity contribution is 9.10. The zero-order valence-electron chi connectivity index (χ0n) is 10.1. The monoisotopic (exact) mass is 303 g/mol. The lowest BCUT2D eigenvalue weighted by atomic mass is 9.92. The molecule has 3 heteroatoms. The number of rotatable bonds is 4. The van der Waals surface area contributed by atoms with Gasteiger partial charge in [0.25, 0.3) is 0 Å². The van der Waals surface area contributed by atoms with E-state index in [1.807, 2.05) is 6.07 Å². The van der Waals surface area contributed by atoms with Crippen molar-refractivity contribution < 1.29 is 0 Å². The molecule has 1 aromatic rings. The first kappa shape index (κ1) is 14.0. The Hall–Kier alpha value is -0.0500. The summed E-state index contributed by atoms with van der Waals surface area (Å²) in [7, 11) is 0. The highest BCUT2D eigenvalue weighted by atomic mass is 79.9. The molecule has 16 heavy (non-hydrogen) atoms. The summed E-state index contributed by atoms with van der Waals surface area (Å²) in [6.45, 7) is 8.71. The SMILES string of the molecule is CC(C)(C)CCNCc1ccc(Cl)c(Br)c1. The highest BCUT2D eigenvalue weighted by Crippen LogP contribution is 2.23. The second-order valence-electron chi connectivity index (χ2n) is 5.24. The molecule has 0 radical (unpaired) electrons. The predicted molar refractivity (Wildman–Crippen MR) is 74.9 cm³/mol. The maximum absolute atomic E-state index is 5.93. The van der Waals surface area contributed by atoms with Gasteiger partial charge in [-0.2, -0.15) is 0 Å². The van der Waals surface area contributed by atoms with Crippen LogP contribution in [0.5, 0.6) is 0 Å². The summed E-state index contributed by atoms with van der Waals surface area (Å²) < 4.78 is 0.962. The molecule has 0 aliphatic carbocycles. The highest BCUT2D eigenvalue weighted by Gasteiger charge is 2.08. The van der Waals surface area contributed by atoms with Gasteiger partial charge in [-0.3, -0.25) is 0 Å². The second kappa shape index (κ2) is 6.04. The minimum atomic E-state index is 0.396. The molecular formula is C13H19BrClN. The summed E-state index contributed by atoms with van der Waals surface area (Å²) in [4.78, 5) is 0. The molecule has 90 valence electrons. The third-order valence-electron chi connectivity index (χ3n) is 2.36. The topological polar surface area (TPSA) is 12.0 Å². The van der Waals surface area contributed by atoms with Crippen LogP contribution in [0.1, 0.15) is 32.8 Å². The minimum absolute atomic E-state index is 0.396. The fourth-order valence-corrected chi connectivity index (χ4v) is 1.89. The molecule has 0 spiro atoms. The van der Waals surface area contributed by atoms with Crippen molar-refractivity contribution in [1.29, 1.82) is 0 Å². The van der Waals surface area contributed by atoms with Gasteiger partial charge in [0.1, 0.15) is 0 Å². The molecule has 0 saturated carbocycles. The van der Waals surface area contributed by atoms with Crippen molar-refractivity contribution in [3.63, 3.8) is 0 Å². The molecule has 0 aliphatic heterocycles. The Morgan fingerprint density at radius 2 is 2.00 bits per heavy atom. The average molecular weight is 305 g/mol. The van der Waals surface area contributed by atoms with Gasteiger partial charge in [-0.15, -0.1) is 0 Å². The van der Waals surface area contributed by atoms with Gasteiger partial charge in [-0.05, 0) is 52.0 Å². The van der Waals surface area contributed by atoms with Crippen LogP contribution in [0, 0.1) is 5.41 Å². The molecular weight excluding hydrogens is 286 g/mol. The van der Waals surface area contributed by atoms with E-state index >= 15 is 0 Å². The molecule has 1 N–H and O–H groups in total. The van der Waals surface area contributed by atoms with Gasteiger partial charge in [0, 0.05) is 11.0 Å². The number of hydrogen-bond acceptors (Lipinski definition) is 1. The third-order valence-corrected chi connectivity index (χ3v) is 3.58. The third kappa shape index (κ3) is 5.33. The van der Waals surface area contributed by atoms with E-state index in [9.17, 15) is 0 Å². The molecule has 1 nitrogen and oxygen atoms in total. The standard InChI is InChI=1S/C13H19BrClN/c1-13(2,3)6-7-16-9-10-4-5-12(15)11(14)8-10/h4-5,8,16H,6-7,9H2,1-3H3. The van der Waals surface area contributed by atoms with Crippen molar-refractivity contribution in [2.45, 2.75) is 33.7 Å². The van der Waals surface area contributed by atoms with Crippen molar-refractivity contribution >= 4 is 27.5 Å². The lowest BCUT2D eigenvalue weighted by molar-refractivity contribution is 0.366. The summed E-state index contributed by atoms with van der Waals surface area (Å²) in [5.74, 6) is 0. The Morgan fingerprint density at radius 3 is 2.56 bits per heavy atom. The van der Waals surface area contributed by atoms with Crippen LogP contribution >= 0.6 is 27.5 Å². The van der Waals surface area contributed by atoms with E-state index < -0.39 is 0 Å². The smallest absolute Gasteiger partial charge is 0.0548 e. The van der Waals surface area contributed by atoms with Crippen LogP contribution in [0.2, 0.25) is 5.02 Å².